The van der Waals surface area contributed by atoms with E-state index in [2.05, 4.69) is 15.4 Å². The monoisotopic (exact) mass is 516 g/mol. The molecule has 29 heavy (non-hydrogen) atoms. The van der Waals surface area contributed by atoms with Gasteiger partial charge in [-0.15, -0.1) is 24.0 Å². The Morgan fingerprint density at radius 2 is 2.14 bits per heavy atom. The van der Waals surface area contributed by atoms with Crippen LogP contribution >= 0.6 is 24.0 Å². The average Bonchev–Trinajstić information content (AvgIpc) is 3.10. The fourth-order valence-electron chi connectivity index (χ4n) is 3.04. The highest BCUT2D eigenvalue weighted by molar-refractivity contribution is 14.0. The number of piperazine rings is 1. The summed E-state index contributed by atoms with van der Waals surface area (Å²) in [6, 6.07) is 6.30. The second kappa shape index (κ2) is 10.4. The molecule has 0 bridgehead atoms. The molecule has 1 atom stereocenters. The van der Waals surface area contributed by atoms with Crippen LogP contribution in [0.25, 0.3) is 0 Å². The van der Waals surface area contributed by atoms with Gasteiger partial charge in [-0.3, -0.25) is 14.5 Å². The molecule has 0 aliphatic carbocycles. The van der Waals surface area contributed by atoms with Gasteiger partial charge in [0.25, 0.3) is 0 Å². The van der Waals surface area contributed by atoms with Crippen molar-refractivity contribution < 1.29 is 13.9 Å². The number of rotatable bonds is 5. The number of carbonyl (C=O) groups excluding carboxylic acids is 1. The number of hydrogen-bond donors (Lipinski definition) is 1. The van der Waals surface area contributed by atoms with Crippen LogP contribution in [0.3, 0.4) is 0 Å². The van der Waals surface area contributed by atoms with Crippen molar-refractivity contribution >= 4 is 41.5 Å². The molecule has 1 unspecified atom stereocenters. The van der Waals surface area contributed by atoms with E-state index >= 15 is 0 Å². The van der Waals surface area contributed by atoms with Crippen LogP contribution in [0.1, 0.15) is 6.92 Å². The SMILES string of the molecule is CN=C(NCC(C)Oc1ccccc1F)N1CCN(c2cnn(C)c2)C(=O)C1.I. The summed E-state index contributed by atoms with van der Waals surface area (Å²) < 4.78 is 21.0. The van der Waals surface area contributed by atoms with Crippen LogP contribution in [0.15, 0.2) is 41.7 Å². The molecule has 10 heteroatoms. The third-order valence-corrected chi connectivity index (χ3v) is 4.45. The standard InChI is InChI=1S/C19H25FN6O2.HI/c1-14(28-17-7-5-4-6-16(17)20)10-22-19(21-2)25-8-9-26(18(27)13-25)15-11-23-24(3)12-15;/h4-7,11-12,14H,8-10,13H2,1-3H3,(H,21,22);1H. The number of nitrogens with one attached hydrogen (secondary N) is 1. The third-order valence-electron chi connectivity index (χ3n) is 4.45. The summed E-state index contributed by atoms with van der Waals surface area (Å²) in [4.78, 5) is 20.4. The first-order valence-corrected chi connectivity index (χ1v) is 9.13. The lowest BCUT2D eigenvalue weighted by Crippen LogP contribution is -2.56. The predicted molar refractivity (Wildman–Crippen MR) is 120 cm³/mol. The van der Waals surface area contributed by atoms with Gasteiger partial charge in [0.05, 0.1) is 18.4 Å². The molecule has 0 radical (unpaired) electrons. The Morgan fingerprint density at radius 3 is 2.76 bits per heavy atom. The Bertz CT molecular complexity index is 859. The Balaban J connectivity index is 0.00000300. The molecule has 158 valence electrons. The normalized spacial score (nSPS) is 15.7. The Kier molecular flexibility index (Phi) is 8.23. The largest absolute Gasteiger partial charge is 0.486 e. The van der Waals surface area contributed by atoms with E-state index in [0.717, 1.165) is 5.69 Å². The summed E-state index contributed by atoms with van der Waals surface area (Å²) in [5.41, 5.74) is 0.794. The third kappa shape index (κ3) is 5.81. The maximum atomic E-state index is 13.7. The number of amides is 1. The maximum absolute atomic E-state index is 13.7. The zero-order valence-corrected chi connectivity index (χ0v) is 19.0. The molecular formula is C19H26FIN6O2. The van der Waals surface area contributed by atoms with Crippen molar-refractivity contribution in [3.05, 3.63) is 42.5 Å². The average molecular weight is 516 g/mol. The molecular weight excluding hydrogens is 490 g/mol. The quantitative estimate of drug-likeness (QED) is 0.373. The van der Waals surface area contributed by atoms with Crippen LogP contribution in [-0.4, -0.2) is 65.9 Å². The number of benzene rings is 1. The number of aliphatic imine (C=N–C) groups is 1. The second-order valence-electron chi connectivity index (χ2n) is 6.63. The molecule has 0 spiro atoms. The van der Waals surface area contributed by atoms with Gasteiger partial charge >= 0.3 is 0 Å². The highest BCUT2D eigenvalue weighted by Crippen LogP contribution is 2.17. The zero-order valence-electron chi connectivity index (χ0n) is 16.7. The fraction of sp³-hybridized carbons (Fsp3) is 0.421. The van der Waals surface area contributed by atoms with E-state index in [1.807, 2.05) is 25.1 Å². The predicted octanol–water partition coefficient (Wildman–Crippen LogP) is 1.87. The van der Waals surface area contributed by atoms with Crippen molar-refractivity contribution in [2.75, 3.05) is 38.1 Å². The number of guanidine groups is 1. The van der Waals surface area contributed by atoms with E-state index in [1.165, 1.54) is 6.07 Å². The van der Waals surface area contributed by atoms with Crippen molar-refractivity contribution in [2.24, 2.45) is 12.0 Å². The lowest BCUT2D eigenvalue weighted by Gasteiger charge is -2.35. The minimum absolute atomic E-state index is 0. The smallest absolute Gasteiger partial charge is 0.246 e. The highest BCUT2D eigenvalue weighted by Gasteiger charge is 2.27. The summed E-state index contributed by atoms with van der Waals surface area (Å²) in [6.45, 7) is 3.68. The van der Waals surface area contributed by atoms with Gasteiger partial charge in [0.2, 0.25) is 5.91 Å². The van der Waals surface area contributed by atoms with E-state index in [-0.39, 0.29) is 48.3 Å². The summed E-state index contributed by atoms with van der Waals surface area (Å²) in [7, 11) is 3.49. The van der Waals surface area contributed by atoms with Crippen LogP contribution in [0, 0.1) is 5.82 Å². The van der Waals surface area contributed by atoms with E-state index in [0.29, 0.717) is 25.6 Å². The zero-order chi connectivity index (χ0) is 20.1. The van der Waals surface area contributed by atoms with Crippen molar-refractivity contribution in [1.82, 2.24) is 20.0 Å². The first kappa shape index (κ1) is 22.9. The van der Waals surface area contributed by atoms with Crippen molar-refractivity contribution in [3.8, 4) is 5.75 Å². The van der Waals surface area contributed by atoms with Crippen LogP contribution in [0.2, 0.25) is 0 Å². The maximum Gasteiger partial charge on any atom is 0.246 e. The van der Waals surface area contributed by atoms with Crippen molar-refractivity contribution in [2.45, 2.75) is 13.0 Å². The molecule has 1 aliphatic heterocycles. The number of nitrogens with zero attached hydrogens (tertiary/aromatic N) is 5. The van der Waals surface area contributed by atoms with Crippen LogP contribution in [0.4, 0.5) is 10.1 Å². The number of halogens is 2. The Morgan fingerprint density at radius 1 is 1.38 bits per heavy atom. The molecule has 8 nitrogen and oxygen atoms in total. The first-order valence-electron chi connectivity index (χ1n) is 9.13. The van der Waals surface area contributed by atoms with Crippen molar-refractivity contribution in [3.63, 3.8) is 0 Å². The molecule has 3 rings (SSSR count). The van der Waals surface area contributed by atoms with E-state index < -0.39 is 5.82 Å². The molecule has 2 aromatic rings. The fourth-order valence-corrected chi connectivity index (χ4v) is 3.04. The lowest BCUT2D eigenvalue weighted by molar-refractivity contribution is -0.120. The molecule has 1 fully saturated rings. The topological polar surface area (TPSA) is 75.0 Å². The molecule has 0 saturated carbocycles. The number of hydrogen-bond acceptors (Lipinski definition) is 4. The van der Waals surface area contributed by atoms with Gasteiger partial charge in [-0.1, -0.05) is 12.1 Å². The number of ether oxygens (including phenoxy) is 1. The van der Waals surface area contributed by atoms with Crippen LogP contribution in [-0.2, 0) is 11.8 Å². The molecule has 2 heterocycles. The number of para-hydroxylation sites is 1. The van der Waals surface area contributed by atoms with Crippen LogP contribution < -0.4 is 15.0 Å². The van der Waals surface area contributed by atoms with Gasteiger partial charge in [0.1, 0.15) is 12.6 Å². The van der Waals surface area contributed by atoms with Gasteiger partial charge in [-0.25, -0.2) is 4.39 Å². The summed E-state index contributed by atoms with van der Waals surface area (Å²) >= 11 is 0. The van der Waals surface area contributed by atoms with Crippen molar-refractivity contribution in [1.29, 1.82) is 0 Å². The number of aromatic nitrogens is 2. The van der Waals surface area contributed by atoms with Gasteiger partial charge in [-0.2, -0.15) is 5.10 Å². The molecule has 1 aliphatic rings. The second-order valence-corrected chi connectivity index (χ2v) is 6.63. The number of aryl methyl sites for hydroxylation is 1. The minimum atomic E-state index is -0.393. The molecule has 1 aromatic heterocycles. The van der Waals surface area contributed by atoms with Gasteiger partial charge in [0.15, 0.2) is 17.5 Å². The van der Waals surface area contributed by atoms with Crippen LogP contribution in [0.5, 0.6) is 5.75 Å². The molecule has 1 amide bonds. The number of anilines is 1. The van der Waals surface area contributed by atoms with E-state index in [1.54, 1.807) is 41.0 Å². The Hall–Kier alpha value is -2.37. The minimum Gasteiger partial charge on any atom is -0.486 e. The number of carbonyl (C=O) groups is 1. The molecule has 1 N–H and O–H groups in total. The molecule has 1 aromatic carbocycles. The highest BCUT2D eigenvalue weighted by atomic mass is 127. The summed E-state index contributed by atoms with van der Waals surface area (Å²) in [5.74, 6) is 0.420. The Labute approximate surface area is 186 Å². The lowest BCUT2D eigenvalue weighted by atomic mass is 10.3. The van der Waals surface area contributed by atoms with Gasteiger partial charge in [0, 0.05) is 33.4 Å². The van der Waals surface area contributed by atoms with Gasteiger partial charge in [-0.05, 0) is 19.1 Å². The first-order chi connectivity index (χ1) is 13.5. The van der Waals surface area contributed by atoms with E-state index in [9.17, 15) is 9.18 Å². The summed E-state index contributed by atoms with van der Waals surface area (Å²) in [6.07, 6.45) is 3.23. The van der Waals surface area contributed by atoms with Gasteiger partial charge < -0.3 is 19.9 Å². The summed E-state index contributed by atoms with van der Waals surface area (Å²) in [5, 5.41) is 7.32. The molecule has 1 saturated heterocycles. The van der Waals surface area contributed by atoms with E-state index in [4.69, 9.17) is 4.74 Å².